The van der Waals surface area contributed by atoms with E-state index in [9.17, 15) is 5.26 Å². The van der Waals surface area contributed by atoms with Crippen molar-refractivity contribution in [3.63, 3.8) is 0 Å². The molecule has 0 radical (unpaired) electrons. The number of aryl methyl sites for hydroxylation is 4. The maximum absolute atomic E-state index is 9.54. The van der Waals surface area contributed by atoms with Crippen molar-refractivity contribution >= 4 is 16.6 Å². The molecule has 1 aromatic heterocycles. The van der Waals surface area contributed by atoms with Crippen LogP contribution in [0, 0.1) is 18.3 Å². The number of benzene rings is 4. The number of aromatic nitrogens is 2. The molecule has 0 bridgehead atoms. The molecule has 0 spiro atoms. The van der Waals surface area contributed by atoms with Crippen molar-refractivity contribution in [3.8, 4) is 17.2 Å². The van der Waals surface area contributed by atoms with Crippen molar-refractivity contribution in [2.45, 2.75) is 39.7 Å². The topological polar surface area (TPSA) is 41.6 Å². The number of imidazole rings is 1. The zero-order valence-electron chi connectivity index (χ0n) is 21.3. The normalized spacial score (nSPS) is 13.7. The third-order valence-corrected chi connectivity index (χ3v) is 7.53. The van der Waals surface area contributed by atoms with E-state index in [-0.39, 0.29) is 0 Å². The second kappa shape index (κ2) is 9.56. The van der Waals surface area contributed by atoms with Crippen molar-refractivity contribution in [1.82, 2.24) is 9.55 Å². The molecule has 0 fully saturated rings. The van der Waals surface area contributed by atoms with Gasteiger partial charge < -0.3 is 4.57 Å². The Morgan fingerprint density at radius 3 is 2.43 bits per heavy atom. The lowest BCUT2D eigenvalue weighted by atomic mass is 9.93. The van der Waals surface area contributed by atoms with Crippen LogP contribution in [-0.2, 0) is 25.8 Å². The Morgan fingerprint density at radius 1 is 0.865 bits per heavy atom. The molecule has 0 atom stereocenters. The minimum absolute atomic E-state index is 0.773. The number of allylic oxidation sites excluding steroid dienone is 1. The van der Waals surface area contributed by atoms with Gasteiger partial charge in [-0.3, -0.25) is 0 Å². The van der Waals surface area contributed by atoms with Crippen molar-refractivity contribution in [2.75, 3.05) is 0 Å². The summed E-state index contributed by atoms with van der Waals surface area (Å²) in [7, 11) is 0. The van der Waals surface area contributed by atoms with Gasteiger partial charge in [0.2, 0.25) is 0 Å². The van der Waals surface area contributed by atoms with E-state index in [1.807, 2.05) is 0 Å². The molecule has 0 saturated carbocycles. The Balaban J connectivity index is 1.44. The van der Waals surface area contributed by atoms with Crippen LogP contribution in [0.4, 0.5) is 0 Å². The monoisotopic (exact) mass is 479 g/mol. The zero-order chi connectivity index (χ0) is 25.4. The van der Waals surface area contributed by atoms with E-state index in [1.165, 1.54) is 50.0 Å². The van der Waals surface area contributed by atoms with Crippen LogP contribution in [0.1, 0.15) is 46.1 Å². The SMILES string of the molecule is CCc1nc2c(C)cc(-c3ccccc3)cc2n1Cc1ccc2c(c1)CCc1ccccc1C2=CC#N. The van der Waals surface area contributed by atoms with Gasteiger partial charge in [-0.05, 0) is 82.0 Å². The fourth-order valence-electron chi connectivity index (χ4n) is 5.72. The van der Waals surface area contributed by atoms with Gasteiger partial charge in [-0.25, -0.2) is 4.98 Å². The van der Waals surface area contributed by atoms with Gasteiger partial charge in [-0.2, -0.15) is 5.26 Å². The fourth-order valence-corrected chi connectivity index (χ4v) is 5.72. The molecule has 3 heteroatoms. The summed E-state index contributed by atoms with van der Waals surface area (Å²) in [4.78, 5) is 5.05. The molecule has 0 N–H and O–H groups in total. The number of hydrogen-bond donors (Lipinski definition) is 0. The van der Waals surface area contributed by atoms with E-state index in [0.29, 0.717) is 0 Å². The van der Waals surface area contributed by atoms with Gasteiger partial charge in [0.25, 0.3) is 0 Å². The molecular weight excluding hydrogens is 450 g/mol. The summed E-state index contributed by atoms with van der Waals surface area (Å²) in [5, 5.41) is 9.54. The smallest absolute Gasteiger partial charge is 0.109 e. The molecular formula is C34H29N3. The molecule has 0 amide bonds. The van der Waals surface area contributed by atoms with Crippen molar-refractivity contribution in [3.05, 3.63) is 130 Å². The van der Waals surface area contributed by atoms with Gasteiger partial charge in [-0.1, -0.05) is 79.7 Å². The lowest BCUT2D eigenvalue weighted by Crippen LogP contribution is -2.06. The maximum Gasteiger partial charge on any atom is 0.109 e. The van der Waals surface area contributed by atoms with Crippen LogP contribution in [0.5, 0.6) is 0 Å². The van der Waals surface area contributed by atoms with E-state index in [1.54, 1.807) is 6.08 Å². The Morgan fingerprint density at radius 2 is 1.62 bits per heavy atom. The highest BCUT2D eigenvalue weighted by Gasteiger charge is 2.19. The molecule has 1 aliphatic rings. The number of nitrogens with zero attached hydrogens (tertiary/aromatic N) is 3. The predicted molar refractivity (Wildman–Crippen MR) is 151 cm³/mol. The quantitative estimate of drug-likeness (QED) is 0.248. The van der Waals surface area contributed by atoms with Gasteiger partial charge >= 0.3 is 0 Å². The first kappa shape index (κ1) is 23.0. The van der Waals surface area contributed by atoms with Crippen LogP contribution in [0.25, 0.3) is 27.7 Å². The minimum Gasteiger partial charge on any atom is -0.323 e. The highest BCUT2D eigenvalue weighted by atomic mass is 15.1. The zero-order valence-corrected chi connectivity index (χ0v) is 21.3. The first-order valence-electron chi connectivity index (χ1n) is 13.0. The Labute approximate surface area is 218 Å². The molecule has 0 saturated heterocycles. The summed E-state index contributed by atoms with van der Waals surface area (Å²) in [5.74, 6) is 1.11. The summed E-state index contributed by atoms with van der Waals surface area (Å²) in [6.07, 6.45) is 4.52. The number of rotatable bonds is 4. The summed E-state index contributed by atoms with van der Waals surface area (Å²) < 4.78 is 2.38. The second-order valence-electron chi connectivity index (χ2n) is 9.83. The Kier molecular flexibility index (Phi) is 5.94. The molecule has 4 aromatic carbocycles. The Hall–Kier alpha value is -4.42. The van der Waals surface area contributed by atoms with E-state index in [0.717, 1.165) is 42.7 Å². The Bertz CT molecular complexity index is 1700. The lowest BCUT2D eigenvalue weighted by molar-refractivity contribution is 0.751. The van der Waals surface area contributed by atoms with Gasteiger partial charge in [-0.15, -0.1) is 0 Å². The fraction of sp³-hybridized carbons (Fsp3) is 0.176. The second-order valence-corrected chi connectivity index (χ2v) is 9.83. The predicted octanol–water partition coefficient (Wildman–Crippen LogP) is 7.68. The third kappa shape index (κ3) is 4.15. The largest absolute Gasteiger partial charge is 0.323 e. The average molecular weight is 480 g/mol. The highest BCUT2D eigenvalue weighted by Crippen LogP contribution is 2.35. The summed E-state index contributed by atoms with van der Waals surface area (Å²) >= 11 is 0. The molecule has 5 aromatic rings. The molecule has 6 rings (SSSR count). The van der Waals surface area contributed by atoms with Gasteiger partial charge in [0.1, 0.15) is 5.82 Å². The van der Waals surface area contributed by atoms with E-state index >= 15 is 0 Å². The van der Waals surface area contributed by atoms with Gasteiger partial charge in [0.05, 0.1) is 17.1 Å². The van der Waals surface area contributed by atoms with Gasteiger partial charge in [0, 0.05) is 19.0 Å². The standard InChI is InChI=1S/C34H29N3/c1-3-33-36-34-23(2)19-28(25-9-5-4-6-10-25)21-32(34)37(33)22-24-13-16-30-27(20-24)15-14-26-11-7-8-12-29(26)31(30)17-18-35/h4-13,16-17,19-21H,3,14-15,22H2,1-2H3. The van der Waals surface area contributed by atoms with E-state index in [2.05, 4.69) is 109 Å². The number of fused-ring (bicyclic) bond motifs is 3. The van der Waals surface area contributed by atoms with Crippen molar-refractivity contribution in [2.24, 2.45) is 0 Å². The van der Waals surface area contributed by atoms with Crippen LogP contribution >= 0.6 is 0 Å². The number of hydrogen-bond acceptors (Lipinski definition) is 2. The molecule has 3 nitrogen and oxygen atoms in total. The maximum atomic E-state index is 9.54. The van der Waals surface area contributed by atoms with Crippen molar-refractivity contribution in [1.29, 1.82) is 5.26 Å². The summed E-state index contributed by atoms with van der Waals surface area (Å²) in [6, 6.07) is 32.6. The van der Waals surface area contributed by atoms with E-state index < -0.39 is 0 Å². The lowest BCUT2D eigenvalue weighted by Gasteiger charge is -2.14. The summed E-state index contributed by atoms with van der Waals surface area (Å²) in [5.41, 5.74) is 13.2. The molecule has 0 aliphatic heterocycles. The average Bonchev–Trinajstić information content (AvgIpc) is 3.21. The van der Waals surface area contributed by atoms with Crippen LogP contribution in [0.15, 0.2) is 91.0 Å². The molecule has 37 heavy (non-hydrogen) atoms. The third-order valence-electron chi connectivity index (χ3n) is 7.53. The molecule has 180 valence electrons. The first-order chi connectivity index (χ1) is 18.2. The van der Waals surface area contributed by atoms with Crippen LogP contribution < -0.4 is 0 Å². The minimum atomic E-state index is 0.773. The molecule has 0 unspecified atom stereocenters. The highest BCUT2D eigenvalue weighted by molar-refractivity contribution is 5.87. The van der Waals surface area contributed by atoms with Gasteiger partial charge in [0.15, 0.2) is 0 Å². The van der Waals surface area contributed by atoms with E-state index in [4.69, 9.17) is 4.98 Å². The van der Waals surface area contributed by atoms with Crippen LogP contribution in [0.2, 0.25) is 0 Å². The summed E-state index contributed by atoms with van der Waals surface area (Å²) in [6.45, 7) is 5.11. The first-order valence-corrected chi connectivity index (χ1v) is 13.0. The molecule has 1 heterocycles. The molecule has 1 aliphatic carbocycles. The number of nitriles is 1. The van der Waals surface area contributed by atoms with Crippen LogP contribution in [0.3, 0.4) is 0 Å². The van der Waals surface area contributed by atoms with Crippen LogP contribution in [-0.4, -0.2) is 9.55 Å². The van der Waals surface area contributed by atoms with Crippen molar-refractivity contribution < 1.29 is 0 Å².